The molecule has 0 saturated carbocycles. The van der Waals surface area contributed by atoms with Crippen molar-refractivity contribution in [2.75, 3.05) is 5.88 Å². The highest BCUT2D eigenvalue weighted by molar-refractivity contribution is 6.18. The number of rotatable bonds is 2. The molecule has 0 heterocycles. The first kappa shape index (κ1) is 6.89. The van der Waals surface area contributed by atoms with Gasteiger partial charge in [0.1, 0.15) is 5.54 Å². The van der Waals surface area contributed by atoms with Gasteiger partial charge < -0.3 is 0 Å². The summed E-state index contributed by atoms with van der Waals surface area (Å²) in [7, 11) is 0. The molecule has 0 radical (unpaired) electrons. The number of nitrogens with zero attached hydrogens (tertiary/aromatic N) is 1. The molecule has 0 atom stereocenters. The molecule has 7 heavy (non-hydrogen) atoms. The molecule has 0 unspecified atom stereocenters. The number of hydrogen-bond donors (Lipinski definition) is 0. The zero-order chi connectivity index (χ0) is 5.91. The highest BCUT2D eigenvalue weighted by Gasteiger charge is 2.14. The molecule has 0 spiro atoms. The Hall–Kier alpha value is -0.110. The minimum atomic E-state index is -0.582. The first-order valence-electron chi connectivity index (χ1n) is 2.03. The third-order valence-corrected chi connectivity index (χ3v) is 1.23. The molecular weight excluding hydrogens is 114 g/mol. The third-order valence-electron chi connectivity index (χ3n) is 0.574. The summed E-state index contributed by atoms with van der Waals surface area (Å²) in [6.07, 6.45) is 0. The number of nitroso groups, excluding NO2 is 1. The van der Waals surface area contributed by atoms with Crippen molar-refractivity contribution in [1.82, 2.24) is 0 Å². The van der Waals surface area contributed by atoms with Crippen LogP contribution in [0.1, 0.15) is 13.8 Å². The molecule has 2 nitrogen and oxygen atoms in total. The number of hydrogen-bond acceptors (Lipinski definition) is 2. The zero-order valence-electron chi connectivity index (χ0n) is 4.44. The molecule has 0 rings (SSSR count). The van der Waals surface area contributed by atoms with Gasteiger partial charge in [-0.05, 0) is 13.8 Å². The number of halogens is 1. The van der Waals surface area contributed by atoms with Crippen molar-refractivity contribution in [3.8, 4) is 0 Å². The summed E-state index contributed by atoms with van der Waals surface area (Å²) in [5.74, 6) is 0.288. The van der Waals surface area contributed by atoms with Gasteiger partial charge in [0, 0.05) is 0 Å². The molecule has 0 aliphatic rings. The van der Waals surface area contributed by atoms with Crippen molar-refractivity contribution in [3.05, 3.63) is 4.91 Å². The fourth-order valence-corrected chi connectivity index (χ4v) is 0.0732. The monoisotopic (exact) mass is 121 g/mol. The second-order valence-electron chi connectivity index (χ2n) is 2.04. The Labute approximate surface area is 47.8 Å². The molecular formula is C4H8ClNO. The van der Waals surface area contributed by atoms with Gasteiger partial charge in [-0.3, -0.25) is 0 Å². The highest BCUT2D eigenvalue weighted by atomic mass is 35.5. The summed E-state index contributed by atoms with van der Waals surface area (Å²) < 4.78 is 0. The van der Waals surface area contributed by atoms with Crippen LogP contribution in [0, 0.1) is 4.91 Å². The summed E-state index contributed by atoms with van der Waals surface area (Å²) >= 11 is 5.30. The van der Waals surface area contributed by atoms with E-state index in [2.05, 4.69) is 5.18 Å². The lowest BCUT2D eigenvalue weighted by Crippen LogP contribution is -2.16. The van der Waals surface area contributed by atoms with Gasteiger partial charge in [0.15, 0.2) is 0 Å². The second-order valence-corrected chi connectivity index (χ2v) is 2.30. The van der Waals surface area contributed by atoms with Gasteiger partial charge in [-0.15, -0.1) is 11.6 Å². The Morgan fingerprint density at radius 2 is 2.14 bits per heavy atom. The normalized spacial score (nSPS) is 11.3. The van der Waals surface area contributed by atoms with Gasteiger partial charge >= 0.3 is 0 Å². The average molecular weight is 122 g/mol. The Morgan fingerprint density at radius 3 is 2.14 bits per heavy atom. The van der Waals surface area contributed by atoms with E-state index >= 15 is 0 Å². The van der Waals surface area contributed by atoms with E-state index in [0.717, 1.165) is 0 Å². The molecule has 0 aromatic heterocycles. The van der Waals surface area contributed by atoms with Crippen LogP contribution in [0.15, 0.2) is 5.18 Å². The smallest absolute Gasteiger partial charge is 0.110 e. The Bertz CT molecular complexity index is 72.1. The van der Waals surface area contributed by atoms with Crippen LogP contribution in [-0.2, 0) is 0 Å². The van der Waals surface area contributed by atoms with E-state index in [0.29, 0.717) is 0 Å². The molecule has 0 saturated heterocycles. The Balaban J connectivity index is 3.58. The number of alkyl halides is 1. The van der Waals surface area contributed by atoms with Crippen LogP contribution in [0.5, 0.6) is 0 Å². The SMILES string of the molecule is CC(C)(CCl)N=O. The molecule has 0 aliphatic heterocycles. The predicted molar refractivity (Wildman–Crippen MR) is 30.6 cm³/mol. The maximum Gasteiger partial charge on any atom is 0.110 e. The van der Waals surface area contributed by atoms with Crippen molar-refractivity contribution in [2.24, 2.45) is 5.18 Å². The van der Waals surface area contributed by atoms with Crippen LogP contribution in [-0.4, -0.2) is 11.4 Å². The van der Waals surface area contributed by atoms with E-state index in [4.69, 9.17) is 11.6 Å². The summed E-state index contributed by atoms with van der Waals surface area (Å²) in [6, 6.07) is 0. The fraction of sp³-hybridized carbons (Fsp3) is 1.00. The highest BCUT2D eigenvalue weighted by Crippen LogP contribution is 2.08. The van der Waals surface area contributed by atoms with Crippen LogP contribution in [0.2, 0.25) is 0 Å². The lowest BCUT2D eigenvalue weighted by Gasteiger charge is -2.07. The van der Waals surface area contributed by atoms with Crippen molar-refractivity contribution in [3.63, 3.8) is 0 Å². The molecule has 0 aromatic rings. The van der Waals surface area contributed by atoms with Gasteiger partial charge in [-0.25, -0.2) is 0 Å². The van der Waals surface area contributed by atoms with Crippen LogP contribution in [0.3, 0.4) is 0 Å². The molecule has 0 amide bonds. The van der Waals surface area contributed by atoms with Crippen LogP contribution in [0.4, 0.5) is 0 Å². The van der Waals surface area contributed by atoms with E-state index in [1.54, 1.807) is 13.8 Å². The fourth-order valence-electron chi connectivity index (χ4n) is 0.0244. The van der Waals surface area contributed by atoms with Gasteiger partial charge in [0.25, 0.3) is 0 Å². The molecule has 0 aliphatic carbocycles. The summed E-state index contributed by atoms with van der Waals surface area (Å²) in [4.78, 5) is 9.72. The minimum Gasteiger partial charge on any atom is -0.150 e. The summed E-state index contributed by atoms with van der Waals surface area (Å²) in [5, 5.41) is 2.76. The maximum absolute atomic E-state index is 9.72. The van der Waals surface area contributed by atoms with Gasteiger partial charge in [0.05, 0.1) is 5.88 Å². The minimum absolute atomic E-state index is 0.288. The summed E-state index contributed by atoms with van der Waals surface area (Å²) in [5.41, 5.74) is -0.582. The zero-order valence-corrected chi connectivity index (χ0v) is 5.20. The van der Waals surface area contributed by atoms with Crippen LogP contribution >= 0.6 is 11.6 Å². The lowest BCUT2D eigenvalue weighted by atomic mass is 10.1. The second kappa shape index (κ2) is 2.26. The maximum atomic E-state index is 9.72. The molecule has 0 bridgehead atoms. The van der Waals surface area contributed by atoms with E-state index in [-0.39, 0.29) is 5.88 Å². The molecule has 42 valence electrons. The van der Waals surface area contributed by atoms with Crippen molar-refractivity contribution >= 4 is 11.6 Å². The first-order valence-corrected chi connectivity index (χ1v) is 2.56. The molecule has 3 heteroatoms. The van der Waals surface area contributed by atoms with E-state index < -0.39 is 5.54 Å². The standard InChI is InChI=1S/C4H8ClNO/c1-4(2,3-5)6-7/h3H2,1-2H3. The Kier molecular flexibility index (Phi) is 2.23. The van der Waals surface area contributed by atoms with Gasteiger partial charge in [0.2, 0.25) is 0 Å². The first-order chi connectivity index (χ1) is 3.12. The largest absolute Gasteiger partial charge is 0.150 e. The predicted octanol–water partition coefficient (Wildman–Crippen LogP) is 1.77. The molecule has 0 fully saturated rings. The Morgan fingerprint density at radius 1 is 1.71 bits per heavy atom. The topological polar surface area (TPSA) is 29.4 Å². The van der Waals surface area contributed by atoms with Gasteiger partial charge in [-0.1, -0.05) is 5.18 Å². The van der Waals surface area contributed by atoms with Crippen molar-refractivity contribution in [2.45, 2.75) is 19.4 Å². The van der Waals surface area contributed by atoms with Gasteiger partial charge in [-0.2, -0.15) is 4.91 Å². The van der Waals surface area contributed by atoms with E-state index in [1.807, 2.05) is 0 Å². The van der Waals surface area contributed by atoms with E-state index in [1.165, 1.54) is 0 Å². The van der Waals surface area contributed by atoms with Crippen LogP contribution < -0.4 is 0 Å². The molecule has 0 N–H and O–H groups in total. The average Bonchev–Trinajstić information content (AvgIpc) is 1.68. The lowest BCUT2D eigenvalue weighted by molar-refractivity contribution is 0.585. The molecule has 0 aromatic carbocycles. The summed E-state index contributed by atoms with van der Waals surface area (Å²) in [6.45, 7) is 3.38. The van der Waals surface area contributed by atoms with E-state index in [9.17, 15) is 4.91 Å². The quantitative estimate of drug-likeness (QED) is 0.405. The third kappa shape index (κ3) is 2.57. The van der Waals surface area contributed by atoms with Crippen LogP contribution in [0.25, 0.3) is 0 Å². The van der Waals surface area contributed by atoms with Crippen molar-refractivity contribution < 1.29 is 0 Å². The van der Waals surface area contributed by atoms with Crippen molar-refractivity contribution in [1.29, 1.82) is 0 Å².